The van der Waals surface area contributed by atoms with E-state index in [-0.39, 0.29) is 23.3 Å². The van der Waals surface area contributed by atoms with E-state index in [1.807, 2.05) is 0 Å². The Bertz CT molecular complexity index is 1320. The topological polar surface area (TPSA) is 94.3 Å². The highest BCUT2D eigenvalue weighted by atomic mass is 19.3. The van der Waals surface area contributed by atoms with Gasteiger partial charge in [0.25, 0.3) is 5.56 Å². The Morgan fingerprint density at radius 1 is 1.23 bits per heavy atom. The summed E-state index contributed by atoms with van der Waals surface area (Å²) in [6.07, 6.45) is -1.11. The van der Waals surface area contributed by atoms with E-state index < -0.39 is 18.6 Å². The molecule has 0 saturated carbocycles. The van der Waals surface area contributed by atoms with Crippen LogP contribution in [0.15, 0.2) is 35.1 Å². The average molecular weight is 415 g/mol. The lowest BCUT2D eigenvalue weighted by atomic mass is 10.1. The summed E-state index contributed by atoms with van der Waals surface area (Å²) in [5.41, 5.74) is 2.63. The smallest absolute Gasteiger partial charge is 0.320 e. The molecule has 3 aromatic heterocycles. The maximum Gasteiger partial charge on any atom is 0.320 e. The molecule has 0 saturated heterocycles. The molecule has 0 aliphatic rings. The zero-order valence-electron chi connectivity index (χ0n) is 16.5. The molecule has 0 spiro atoms. The highest BCUT2D eigenvalue weighted by Crippen LogP contribution is 2.28. The molecule has 8 nitrogen and oxygen atoms in total. The van der Waals surface area contributed by atoms with Gasteiger partial charge >= 0.3 is 12.5 Å². The van der Waals surface area contributed by atoms with Crippen molar-refractivity contribution in [3.8, 4) is 0 Å². The van der Waals surface area contributed by atoms with Gasteiger partial charge in [-0.2, -0.15) is 8.78 Å². The van der Waals surface area contributed by atoms with E-state index >= 15 is 0 Å². The Hall–Kier alpha value is -3.56. The number of aromatic nitrogens is 5. The van der Waals surface area contributed by atoms with Crippen molar-refractivity contribution >= 4 is 22.6 Å². The van der Waals surface area contributed by atoms with Crippen LogP contribution in [-0.4, -0.2) is 30.1 Å². The number of halogens is 2. The van der Waals surface area contributed by atoms with Crippen LogP contribution in [0.2, 0.25) is 0 Å². The number of imidazole rings is 1. The van der Waals surface area contributed by atoms with Gasteiger partial charge in [-0.1, -0.05) is 12.1 Å². The first kappa shape index (κ1) is 19.7. The van der Waals surface area contributed by atoms with Crippen molar-refractivity contribution in [3.05, 3.63) is 63.5 Å². The normalized spacial score (nSPS) is 12.7. The lowest BCUT2D eigenvalue weighted by molar-refractivity contribution is -0.148. The molecule has 0 radical (unpaired) electrons. The van der Waals surface area contributed by atoms with Crippen molar-refractivity contribution in [1.82, 2.24) is 24.1 Å². The molecule has 10 heteroatoms. The number of aromatic amines is 1. The lowest BCUT2D eigenvalue weighted by Gasteiger charge is -2.16. The summed E-state index contributed by atoms with van der Waals surface area (Å²) in [5.74, 6) is -0.645. The van der Waals surface area contributed by atoms with E-state index in [9.17, 15) is 18.4 Å². The molecule has 1 atom stereocenters. The quantitative estimate of drug-likeness (QED) is 0.505. The van der Waals surface area contributed by atoms with Gasteiger partial charge in [-0.3, -0.25) is 19.3 Å². The first-order valence-electron chi connectivity index (χ1n) is 9.28. The summed E-state index contributed by atoms with van der Waals surface area (Å²) in [7, 11) is 0. The highest BCUT2D eigenvalue weighted by Gasteiger charge is 2.25. The minimum atomic E-state index is -2.82. The molecule has 0 fully saturated rings. The minimum absolute atomic E-state index is 0.0312. The molecular formula is C20H19F2N5O3. The van der Waals surface area contributed by atoms with Crippen LogP contribution in [0.1, 0.15) is 42.4 Å². The molecule has 0 amide bonds. The van der Waals surface area contributed by atoms with E-state index in [1.54, 1.807) is 32.0 Å². The van der Waals surface area contributed by atoms with Crippen LogP contribution in [0.4, 0.5) is 8.78 Å². The molecule has 30 heavy (non-hydrogen) atoms. The molecule has 1 aromatic carbocycles. The molecule has 3 heterocycles. The fourth-order valence-corrected chi connectivity index (χ4v) is 3.60. The van der Waals surface area contributed by atoms with Crippen molar-refractivity contribution in [2.24, 2.45) is 0 Å². The number of fused-ring (bicyclic) bond motifs is 2. The number of hydrogen-bond donors (Lipinski definition) is 1. The van der Waals surface area contributed by atoms with Crippen molar-refractivity contribution in [2.45, 2.75) is 39.8 Å². The zero-order valence-corrected chi connectivity index (χ0v) is 16.5. The minimum Gasteiger partial charge on any atom is -0.454 e. The first-order valence-corrected chi connectivity index (χ1v) is 9.28. The van der Waals surface area contributed by atoms with Gasteiger partial charge in [-0.05, 0) is 32.9 Å². The highest BCUT2D eigenvalue weighted by molar-refractivity contribution is 5.77. The number of nitrogens with zero attached hydrogens (tertiary/aromatic N) is 4. The Morgan fingerprint density at radius 3 is 2.70 bits per heavy atom. The summed E-state index contributed by atoms with van der Waals surface area (Å²) in [4.78, 5) is 32.7. The number of para-hydroxylation sites is 2. The number of ether oxygens (including phenoxy) is 1. The third-order valence-corrected chi connectivity index (χ3v) is 5.01. The van der Waals surface area contributed by atoms with Gasteiger partial charge in [0.15, 0.2) is 17.6 Å². The van der Waals surface area contributed by atoms with Crippen LogP contribution in [-0.2, 0) is 16.0 Å². The van der Waals surface area contributed by atoms with Gasteiger partial charge in [-0.25, -0.2) is 14.5 Å². The van der Waals surface area contributed by atoms with Crippen molar-refractivity contribution in [1.29, 1.82) is 0 Å². The fraction of sp³-hybridized carbons (Fsp3) is 0.300. The first-order chi connectivity index (χ1) is 14.3. The third kappa shape index (κ3) is 3.34. The number of benzene rings is 1. The Morgan fingerprint density at radius 2 is 1.97 bits per heavy atom. The lowest BCUT2D eigenvalue weighted by Crippen LogP contribution is -2.18. The molecule has 0 aliphatic heterocycles. The van der Waals surface area contributed by atoms with Crippen molar-refractivity contribution in [3.63, 3.8) is 0 Å². The van der Waals surface area contributed by atoms with Crippen LogP contribution in [0.25, 0.3) is 16.7 Å². The largest absolute Gasteiger partial charge is 0.454 e. The molecule has 1 unspecified atom stereocenters. The van der Waals surface area contributed by atoms with Gasteiger partial charge in [0, 0.05) is 23.0 Å². The maximum atomic E-state index is 13.6. The summed E-state index contributed by atoms with van der Waals surface area (Å²) in [6.45, 7) is 2.16. The van der Waals surface area contributed by atoms with Crippen LogP contribution < -0.4 is 5.56 Å². The van der Waals surface area contributed by atoms with Crippen LogP contribution in [0.5, 0.6) is 0 Å². The number of carbonyl (C=O) groups is 1. The second-order valence-corrected chi connectivity index (χ2v) is 6.99. The number of H-pyrrole nitrogens is 1. The van der Waals surface area contributed by atoms with Gasteiger partial charge in [0.1, 0.15) is 0 Å². The summed E-state index contributed by atoms with van der Waals surface area (Å²) >= 11 is 0. The van der Waals surface area contributed by atoms with Gasteiger partial charge < -0.3 is 4.74 Å². The van der Waals surface area contributed by atoms with Gasteiger partial charge in [-0.15, -0.1) is 0 Å². The number of alkyl halides is 2. The Balaban J connectivity index is 1.61. The number of esters is 1. The van der Waals surface area contributed by atoms with Crippen LogP contribution >= 0.6 is 0 Å². The zero-order chi connectivity index (χ0) is 21.6. The number of nitrogens with one attached hydrogen (secondary N) is 1. The molecule has 0 aliphatic carbocycles. The number of carbonyl (C=O) groups excluding carboxylic acids is 1. The molecule has 1 N–H and O–H groups in total. The Kier molecular flexibility index (Phi) is 4.84. The molecule has 4 rings (SSSR count). The second kappa shape index (κ2) is 7.36. The van der Waals surface area contributed by atoms with E-state index in [4.69, 9.17) is 4.74 Å². The number of rotatable bonds is 5. The standard InChI is InChI=1S/C20H19F2N5O3/c1-10-13(11(2)27-16(23-10)9-17(28)25-27)8-18(29)30-12(3)19-24-14-6-4-5-7-15(14)26(19)20(21)22/h4-7,9,12,20H,8H2,1-3H3,(H,25,28). The number of aryl methyl sites for hydroxylation is 2. The van der Waals surface area contributed by atoms with E-state index in [0.29, 0.717) is 28.1 Å². The molecule has 0 bridgehead atoms. The van der Waals surface area contributed by atoms with Crippen molar-refractivity contribution in [2.75, 3.05) is 0 Å². The molecule has 4 aromatic rings. The van der Waals surface area contributed by atoms with E-state index in [2.05, 4.69) is 15.1 Å². The predicted octanol–water partition coefficient (Wildman–Crippen LogP) is 3.23. The molecule has 156 valence electrons. The maximum absolute atomic E-state index is 13.6. The third-order valence-electron chi connectivity index (χ3n) is 5.01. The second-order valence-electron chi connectivity index (χ2n) is 6.99. The number of hydrogen-bond acceptors (Lipinski definition) is 5. The average Bonchev–Trinajstić information content (AvgIpc) is 3.25. The van der Waals surface area contributed by atoms with Crippen LogP contribution in [0, 0.1) is 13.8 Å². The van der Waals surface area contributed by atoms with Gasteiger partial charge in [0.2, 0.25) is 0 Å². The van der Waals surface area contributed by atoms with Crippen LogP contribution in [0.3, 0.4) is 0 Å². The summed E-state index contributed by atoms with van der Waals surface area (Å²) in [5, 5.41) is 2.62. The SMILES string of the molecule is Cc1nc2cc(=O)[nH]n2c(C)c1CC(=O)OC(C)c1nc2ccccc2n1C(F)F. The monoisotopic (exact) mass is 415 g/mol. The molecular weight excluding hydrogens is 396 g/mol. The predicted molar refractivity (Wildman–Crippen MR) is 104 cm³/mol. The Labute approximate surface area is 169 Å². The summed E-state index contributed by atoms with van der Waals surface area (Å²) in [6, 6.07) is 7.87. The van der Waals surface area contributed by atoms with E-state index in [0.717, 1.165) is 4.57 Å². The summed E-state index contributed by atoms with van der Waals surface area (Å²) < 4.78 is 35.0. The fourth-order valence-electron chi connectivity index (χ4n) is 3.60. The van der Waals surface area contributed by atoms with E-state index in [1.165, 1.54) is 23.6 Å². The van der Waals surface area contributed by atoms with Crippen molar-refractivity contribution < 1.29 is 18.3 Å². The van der Waals surface area contributed by atoms with Gasteiger partial charge in [0.05, 0.1) is 17.5 Å².